The molecule has 1 aromatic heterocycles. The molecule has 1 saturated heterocycles. The maximum Gasteiger partial charge on any atom is 0.417 e. The highest BCUT2D eigenvalue weighted by Gasteiger charge is 2.33. The van der Waals surface area contributed by atoms with Gasteiger partial charge in [0.25, 0.3) is 15.9 Å². The summed E-state index contributed by atoms with van der Waals surface area (Å²) < 4.78 is 68.0. The Bertz CT molecular complexity index is 658. The fraction of sp³-hybridized carbons (Fsp3) is 0.500. The lowest BCUT2D eigenvalue weighted by molar-refractivity contribution is -0.138. The second-order valence-electron chi connectivity index (χ2n) is 4.87. The lowest BCUT2D eigenvalue weighted by atomic mass is 10.2. The SMILES string of the molecule is CC1CCC(C(=O)NS(=O)(=O)c2ccc(C(F)(F)F)cn2)O1. The van der Waals surface area contributed by atoms with E-state index in [-0.39, 0.29) is 6.10 Å². The van der Waals surface area contributed by atoms with Crippen molar-refractivity contribution in [2.45, 2.75) is 43.2 Å². The zero-order chi connectivity index (χ0) is 16.5. The van der Waals surface area contributed by atoms with E-state index in [0.717, 1.165) is 0 Å². The smallest absolute Gasteiger partial charge is 0.365 e. The van der Waals surface area contributed by atoms with Crippen LogP contribution in [0.3, 0.4) is 0 Å². The minimum absolute atomic E-state index is 0.150. The molecule has 122 valence electrons. The summed E-state index contributed by atoms with van der Waals surface area (Å²) >= 11 is 0. The second-order valence-corrected chi connectivity index (χ2v) is 6.49. The highest BCUT2D eigenvalue weighted by Crippen LogP contribution is 2.28. The Kier molecular flexibility index (Phi) is 4.43. The molecule has 1 N–H and O–H groups in total. The van der Waals surface area contributed by atoms with E-state index < -0.39 is 38.8 Å². The summed E-state index contributed by atoms with van der Waals surface area (Å²) in [5, 5.41) is -0.667. The van der Waals surface area contributed by atoms with E-state index in [2.05, 4.69) is 4.98 Å². The molecular formula is C12H13F3N2O4S. The number of amides is 1. The minimum Gasteiger partial charge on any atom is -0.365 e. The lowest BCUT2D eigenvalue weighted by Gasteiger charge is -2.12. The third-order valence-electron chi connectivity index (χ3n) is 3.10. The number of nitrogens with one attached hydrogen (secondary N) is 1. The molecule has 22 heavy (non-hydrogen) atoms. The Morgan fingerprint density at radius 1 is 1.36 bits per heavy atom. The first kappa shape index (κ1) is 16.7. The normalized spacial score (nSPS) is 22.5. The van der Waals surface area contributed by atoms with Gasteiger partial charge in [0.05, 0.1) is 11.7 Å². The highest BCUT2D eigenvalue weighted by molar-refractivity contribution is 7.90. The quantitative estimate of drug-likeness (QED) is 0.902. The number of pyridine rings is 1. The fourth-order valence-corrected chi connectivity index (χ4v) is 2.89. The van der Waals surface area contributed by atoms with E-state index in [1.165, 1.54) is 0 Å². The summed E-state index contributed by atoms with van der Waals surface area (Å²) in [6.07, 6.45) is -4.26. The molecular weight excluding hydrogens is 325 g/mol. The summed E-state index contributed by atoms with van der Waals surface area (Å²) in [4.78, 5) is 15.0. The summed E-state index contributed by atoms with van der Waals surface area (Å²) in [6.45, 7) is 1.75. The molecule has 0 aromatic carbocycles. The van der Waals surface area contributed by atoms with Crippen molar-refractivity contribution in [3.05, 3.63) is 23.9 Å². The fourth-order valence-electron chi connectivity index (χ4n) is 1.95. The van der Waals surface area contributed by atoms with Crippen molar-refractivity contribution < 1.29 is 31.1 Å². The predicted molar refractivity (Wildman–Crippen MR) is 68.1 cm³/mol. The molecule has 0 radical (unpaired) electrons. The number of hydrogen-bond acceptors (Lipinski definition) is 5. The molecule has 1 fully saturated rings. The molecule has 2 heterocycles. The van der Waals surface area contributed by atoms with Gasteiger partial charge in [0, 0.05) is 6.20 Å². The van der Waals surface area contributed by atoms with Crippen LogP contribution in [0.25, 0.3) is 0 Å². The molecule has 2 unspecified atom stereocenters. The van der Waals surface area contributed by atoms with Gasteiger partial charge in [0.15, 0.2) is 5.03 Å². The van der Waals surface area contributed by atoms with Crippen LogP contribution in [0.4, 0.5) is 13.2 Å². The van der Waals surface area contributed by atoms with E-state index in [1.807, 2.05) is 0 Å². The van der Waals surface area contributed by atoms with Gasteiger partial charge in [-0.1, -0.05) is 0 Å². The van der Waals surface area contributed by atoms with Crippen LogP contribution in [-0.4, -0.2) is 31.5 Å². The van der Waals surface area contributed by atoms with E-state index in [4.69, 9.17) is 4.74 Å². The summed E-state index contributed by atoms with van der Waals surface area (Å²) in [5.74, 6) is -0.856. The molecule has 10 heteroatoms. The number of carbonyl (C=O) groups is 1. The van der Waals surface area contributed by atoms with Crippen LogP contribution in [-0.2, 0) is 25.7 Å². The third-order valence-corrected chi connectivity index (χ3v) is 4.36. The van der Waals surface area contributed by atoms with Gasteiger partial charge >= 0.3 is 6.18 Å². The monoisotopic (exact) mass is 338 g/mol. The van der Waals surface area contributed by atoms with Gasteiger partial charge in [0.1, 0.15) is 6.10 Å². The minimum atomic E-state index is -4.62. The zero-order valence-corrected chi connectivity index (χ0v) is 12.2. The number of sulfonamides is 1. The molecule has 1 aliphatic heterocycles. The van der Waals surface area contributed by atoms with Crippen molar-refractivity contribution in [2.75, 3.05) is 0 Å². The molecule has 2 rings (SSSR count). The van der Waals surface area contributed by atoms with Crippen LogP contribution < -0.4 is 4.72 Å². The summed E-state index contributed by atoms with van der Waals surface area (Å²) in [7, 11) is -4.33. The van der Waals surface area contributed by atoms with Gasteiger partial charge in [-0.05, 0) is 31.9 Å². The number of rotatable bonds is 3. The van der Waals surface area contributed by atoms with E-state index in [1.54, 1.807) is 11.6 Å². The van der Waals surface area contributed by atoms with Gasteiger partial charge in [-0.2, -0.15) is 21.6 Å². The first-order chi connectivity index (χ1) is 10.1. The molecule has 0 aliphatic carbocycles. The van der Waals surface area contributed by atoms with Crippen molar-refractivity contribution in [1.82, 2.24) is 9.71 Å². The van der Waals surface area contributed by atoms with Crippen LogP contribution in [0.5, 0.6) is 0 Å². The molecule has 1 aliphatic rings. The van der Waals surface area contributed by atoms with Gasteiger partial charge in [-0.3, -0.25) is 4.79 Å². The molecule has 2 atom stereocenters. The number of aromatic nitrogens is 1. The summed E-state index contributed by atoms with van der Waals surface area (Å²) in [5.41, 5.74) is -1.08. The van der Waals surface area contributed by atoms with Crippen LogP contribution in [0, 0.1) is 0 Å². The van der Waals surface area contributed by atoms with E-state index in [0.29, 0.717) is 31.2 Å². The Morgan fingerprint density at radius 3 is 2.50 bits per heavy atom. The Morgan fingerprint density at radius 2 is 2.05 bits per heavy atom. The maximum absolute atomic E-state index is 12.4. The van der Waals surface area contributed by atoms with Crippen molar-refractivity contribution in [1.29, 1.82) is 0 Å². The van der Waals surface area contributed by atoms with Crippen molar-refractivity contribution >= 4 is 15.9 Å². The summed E-state index contributed by atoms with van der Waals surface area (Å²) in [6, 6.07) is 1.27. The standard InChI is InChI=1S/C12H13F3N2O4S/c1-7-2-4-9(21-7)11(18)17-22(19,20)10-5-3-8(6-16-10)12(13,14)15/h3,5-7,9H,2,4H2,1H3,(H,17,18). The lowest BCUT2D eigenvalue weighted by Crippen LogP contribution is -2.39. The number of hydrogen-bond donors (Lipinski definition) is 1. The Labute approximate surface area is 124 Å². The number of ether oxygens (including phenoxy) is 1. The number of alkyl halides is 3. The van der Waals surface area contributed by atoms with Crippen LogP contribution >= 0.6 is 0 Å². The van der Waals surface area contributed by atoms with Crippen LogP contribution in [0.1, 0.15) is 25.3 Å². The molecule has 6 nitrogen and oxygen atoms in total. The third kappa shape index (κ3) is 3.74. The van der Waals surface area contributed by atoms with Gasteiger partial charge < -0.3 is 4.74 Å². The molecule has 1 amide bonds. The highest BCUT2D eigenvalue weighted by atomic mass is 32.2. The topological polar surface area (TPSA) is 85.4 Å². The molecule has 1 aromatic rings. The van der Waals surface area contributed by atoms with Crippen LogP contribution in [0.15, 0.2) is 23.4 Å². The number of halogens is 3. The van der Waals surface area contributed by atoms with Gasteiger partial charge in [0.2, 0.25) is 0 Å². The number of carbonyl (C=O) groups excluding carboxylic acids is 1. The Hall–Kier alpha value is -1.68. The largest absolute Gasteiger partial charge is 0.417 e. The van der Waals surface area contributed by atoms with E-state index >= 15 is 0 Å². The van der Waals surface area contributed by atoms with E-state index in [9.17, 15) is 26.4 Å². The van der Waals surface area contributed by atoms with Crippen molar-refractivity contribution in [2.24, 2.45) is 0 Å². The van der Waals surface area contributed by atoms with Crippen LogP contribution in [0.2, 0.25) is 0 Å². The average Bonchev–Trinajstić information content (AvgIpc) is 2.84. The first-order valence-electron chi connectivity index (χ1n) is 6.35. The first-order valence-corrected chi connectivity index (χ1v) is 7.83. The number of nitrogens with zero attached hydrogens (tertiary/aromatic N) is 1. The maximum atomic E-state index is 12.4. The zero-order valence-electron chi connectivity index (χ0n) is 11.4. The second kappa shape index (κ2) is 5.84. The van der Waals surface area contributed by atoms with Crippen molar-refractivity contribution in [3.63, 3.8) is 0 Å². The molecule has 0 spiro atoms. The Balaban J connectivity index is 2.12. The van der Waals surface area contributed by atoms with Gasteiger partial charge in [-0.25, -0.2) is 9.71 Å². The molecule has 0 bridgehead atoms. The predicted octanol–water partition coefficient (Wildman–Crippen LogP) is 1.47. The van der Waals surface area contributed by atoms with Crippen molar-refractivity contribution in [3.8, 4) is 0 Å². The van der Waals surface area contributed by atoms with Gasteiger partial charge in [-0.15, -0.1) is 0 Å². The average molecular weight is 338 g/mol. The molecule has 0 saturated carbocycles.